The highest BCUT2D eigenvalue weighted by atomic mass is 35.5. The summed E-state index contributed by atoms with van der Waals surface area (Å²) in [6, 6.07) is 8.42. The smallest absolute Gasteiger partial charge is 0.191 e. The van der Waals surface area contributed by atoms with Gasteiger partial charge in [-0.3, -0.25) is 9.89 Å². The minimum Gasteiger partial charge on any atom is -0.357 e. The van der Waals surface area contributed by atoms with E-state index in [4.69, 9.17) is 16.6 Å². The maximum Gasteiger partial charge on any atom is 0.191 e. The fraction of sp³-hybridized carbons (Fsp3) is 0.571. The molecule has 1 aliphatic heterocycles. The number of hydrogen-bond donors (Lipinski definition) is 2. The minimum atomic E-state index is 0.246. The molecular formula is C21H32ClN7. The fourth-order valence-electron chi connectivity index (χ4n) is 3.75. The van der Waals surface area contributed by atoms with Crippen molar-refractivity contribution in [1.29, 1.82) is 0 Å². The Kier molecular flexibility index (Phi) is 8.31. The molecule has 158 valence electrons. The van der Waals surface area contributed by atoms with E-state index in [1.54, 1.807) is 6.33 Å². The summed E-state index contributed by atoms with van der Waals surface area (Å²) in [6.07, 6.45) is 5.16. The van der Waals surface area contributed by atoms with Crippen molar-refractivity contribution in [3.8, 4) is 0 Å². The molecule has 1 atom stereocenters. The van der Waals surface area contributed by atoms with Crippen molar-refractivity contribution in [2.45, 2.75) is 45.7 Å². The van der Waals surface area contributed by atoms with Gasteiger partial charge in [0.05, 0.1) is 12.6 Å². The third kappa shape index (κ3) is 6.18. The van der Waals surface area contributed by atoms with E-state index in [0.29, 0.717) is 6.54 Å². The second kappa shape index (κ2) is 11.2. The predicted octanol–water partition coefficient (Wildman–Crippen LogP) is 2.89. The van der Waals surface area contributed by atoms with Crippen molar-refractivity contribution in [1.82, 2.24) is 30.3 Å². The van der Waals surface area contributed by atoms with Crippen LogP contribution in [-0.4, -0.2) is 58.3 Å². The highest BCUT2D eigenvalue weighted by Crippen LogP contribution is 2.27. The van der Waals surface area contributed by atoms with Crippen molar-refractivity contribution in [2.24, 2.45) is 4.99 Å². The number of aliphatic imine (C=N–C) groups is 1. The number of hydrogen-bond acceptors (Lipinski definition) is 4. The van der Waals surface area contributed by atoms with E-state index in [-0.39, 0.29) is 6.04 Å². The average Bonchev–Trinajstić information content (AvgIpc) is 3.40. The molecule has 0 bridgehead atoms. The first kappa shape index (κ1) is 21.6. The molecule has 0 aliphatic carbocycles. The largest absolute Gasteiger partial charge is 0.357 e. The number of aryl methyl sites for hydroxylation is 1. The summed E-state index contributed by atoms with van der Waals surface area (Å²) in [5.41, 5.74) is 1.23. The molecule has 0 radical (unpaired) electrons. The molecule has 2 N–H and O–H groups in total. The van der Waals surface area contributed by atoms with Crippen LogP contribution in [0.4, 0.5) is 0 Å². The minimum absolute atomic E-state index is 0.246. The van der Waals surface area contributed by atoms with Crippen LogP contribution >= 0.6 is 11.6 Å². The van der Waals surface area contributed by atoms with Crippen LogP contribution < -0.4 is 10.6 Å². The zero-order valence-electron chi connectivity index (χ0n) is 17.4. The molecule has 1 unspecified atom stereocenters. The molecule has 1 aliphatic rings. The van der Waals surface area contributed by atoms with Crippen LogP contribution in [-0.2, 0) is 13.0 Å². The lowest BCUT2D eigenvalue weighted by atomic mass is 10.1. The van der Waals surface area contributed by atoms with E-state index < -0.39 is 0 Å². The van der Waals surface area contributed by atoms with Crippen LogP contribution in [0.1, 0.15) is 44.1 Å². The number of guanidine groups is 1. The highest BCUT2D eigenvalue weighted by molar-refractivity contribution is 6.30. The van der Waals surface area contributed by atoms with Crippen LogP contribution in [0.15, 0.2) is 35.6 Å². The van der Waals surface area contributed by atoms with Crippen LogP contribution in [0.2, 0.25) is 5.02 Å². The zero-order chi connectivity index (χ0) is 20.5. The maximum atomic E-state index is 6.26. The highest BCUT2D eigenvalue weighted by Gasteiger charge is 2.23. The number of aromatic nitrogens is 3. The monoisotopic (exact) mass is 417 g/mol. The quantitative estimate of drug-likeness (QED) is 0.485. The Morgan fingerprint density at radius 3 is 2.79 bits per heavy atom. The summed E-state index contributed by atoms with van der Waals surface area (Å²) in [5.74, 6) is 1.84. The van der Waals surface area contributed by atoms with E-state index in [0.717, 1.165) is 56.0 Å². The summed E-state index contributed by atoms with van der Waals surface area (Å²) < 4.78 is 2.08. The summed E-state index contributed by atoms with van der Waals surface area (Å²) in [4.78, 5) is 7.41. The van der Waals surface area contributed by atoms with Gasteiger partial charge in [0.2, 0.25) is 0 Å². The molecular weight excluding hydrogens is 386 g/mol. The van der Waals surface area contributed by atoms with Gasteiger partial charge in [0.25, 0.3) is 0 Å². The first-order valence-electron chi connectivity index (χ1n) is 10.6. The van der Waals surface area contributed by atoms with Crippen LogP contribution in [0.25, 0.3) is 0 Å². The summed E-state index contributed by atoms with van der Waals surface area (Å²) in [5, 5.41) is 15.7. The summed E-state index contributed by atoms with van der Waals surface area (Å²) in [6.45, 7) is 9.50. The molecule has 1 fully saturated rings. The summed E-state index contributed by atoms with van der Waals surface area (Å²) >= 11 is 6.26. The second-order valence-corrected chi connectivity index (χ2v) is 7.69. The number of likely N-dealkylation sites (tertiary alicyclic amines) is 1. The first-order valence-corrected chi connectivity index (χ1v) is 11.0. The second-order valence-electron chi connectivity index (χ2n) is 7.25. The standard InChI is InChI=1S/C21H32ClN7/c1-3-20-27-26-16-29(20)13-10-24-21(23-4-2)25-15-19(28-11-5-6-12-28)17-8-7-9-18(22)14-17/h7-9,14,16,19H,3-6,10-13,15H2,1-2H3,(H2,23,24,25). The average molecular weight is 418 g/mol. The number of nitrogens with one attached hydrogen (secondary N) is 2. The lowest BCUT2D eigenvalue weighted by molar-refractivity contribution is 0.251. The predicted molar refractivity (Wildman–Crippen MR) is 118 cm³/mol. The Labute approximate surface area is 178 Å². The third-order valence-electron chi connectivity index (χ3n) is 5.24. The molecule has 1 aromatic carbocycles. The third-order valence-corrected chi connectivity index (χ3v) is 5.47. The molecule has 1 aromatic heterocycles. The number of nitrogens with zero attached hydrogens (tertiary/aromatic N) is 5. The molecule has 7 nitrogen and oxygen atoms in total. The van der Waals surface area contributed by atoms with E-state index in [9.17, 15) is 0 Å². The van der Waals surface area contributed by atoms with Crippen molar-refractivity contribution < 1.29 is 0 Å². The van der Waals surface area contributed by atoms with Gasteiger partial charge in [-0.15, -0.1) is 10.2 Å². The summed E-state index contributed by atoms with van der Waals surface area (Å²) in [7, 11) is 0. The van der Waals surface area contributed by atoms with Gasteiger partial charge in [-0.2, -0.15) is 0 Å². The molecule has 0 spiro atoms. The Balaban J connectivity index is 1.65. The molecule has 1 saturated heterocycles. The molecule has 0 saturated carbocycles. The molecule has 2 heterocycles. The number of halogens is 1. The van der Waals surface area contributed by atoms with Gasteiger partial charge in [0.1, 0.15) is 12.2 Å². The van der Waals surface area contributed by atoms with Crippen LogP contribution in [0.3, 0.4) is 0 Å². The SMILES string of the molecule is CCNC(=NCC(c1cccc(Cl)c1)N1CCCC1)NCCn1cnnc1CC. The normalized spacial score (nSPS) is 16.2. The van der Waals surface area contributed by atoms with Crippen molar-refractivity contribution in [3.63, 3.8) is 0 Å². The first-order chi connectivity index (χ1) is 14.2. The van der Waals surface area contributed by atoms with Gasteiger partial charge in [0.15, 0.2) is 5.96 Å². The Bertz CT molecular complexity index is 783. The van der Waals surface area contributed by atoms with Gasteiger partial charge in [-0.1, -0.05) is 30.7 Å². The Hall–Kier alpha value is -2.12. The van der Waals surface area contributed by atoms with E-state index in [1.165, 1.54) is 18.4 Å². The van der Waals surface area contributed by atoms with E-state index in [1.807, 2.05) is 12.1 Å². The number of benzene rings is 1. The lowest BCUT2D eigenvalue weighted by Crippen LogP contribution is -2.39. The lowest BCUT2D eigenvalue weighted by Gasteiger charge is -2.27. The Morgan fingerprint density at radius 2 is 2.07 bits per heavy atom. The molecule has 0 amide bonds. The van der Waals surface area contributed by atoms with Gasteiger partial charge in [-0.05, 0) is 50.6 Å². The van der Waals surface area contributed by atoms with Gasteiger partial charge in [-0.25, -0.2) is 0 Å². The van der Waals surface area contributed by atoms with Gasteiger partial charge < -0.3 is 15.2 Å². The van der Waals surface area contributed by atoms with E-state index in [2.05, 4.69) is 56.3 Å². The van der Waals surface area contributed by atoms with Crippen LogP contribution in [0, 0.1) is 0 Å². The number of rotatable bonds is 9. The molecule has 8 heteroatoms. The molecule has 2 aromatic rings. The van der Waals surface area contributed by atoms with Crippen molar-refractivity contribution >= 4 is 17.6 Å². The van der Waals surface area contributed by atoms with Crippen LogP contribution in [0.5, 0.6) is 0 Å². The van der Waals surface area contributed by atoms with Crippen molar-refractivity contribution in [2.75, 3.05) is 32.7 Å². The molecule has 29 heavy (non-hydrogen) atoms. The fourth-order valence-corrected chi connectivity index (χ4v) is 3.95. The Morgan fingerprint density at radius 1 is 1.24 bits per heavy atom. The van der Waals surface area contributed by atoms with Crippen molar-refractivity contribution in [3.05, 3.63) is 47.0 Å². The molecule has 3 rings (SSSR count). The topological polar surface area (TPSA) is 70.4 Å². The van der Waals surface area contributed by atoms with Gasteiger partial charge >= 0.3 is 0 Å². The maximum absolute atomic E-state index is 6.26. The van der Waals surface area contributed by atoms with E-state index >= 15 is 0 Å². The zero-order valence-corrected chi connectivity index (χ0v) is 18.2. The van der Waals surface area contributed by atoms with Gasteiger partial charge in [0, 0.05) is 31.1 Å².